The fourth-order valence-corrected chi connectivity index (χ4v) is 2.25. The average Bonchev–Trinajstić information content (AvgIpc) is 2.23. The van der Waals surface area contributed by atoms with Crippen LogP contribution in [0.4, 0.5) is 0 Å². The highest BCUT2D eigenvalue weighted by molar-refractivity contribution is 7.86. The van der Waals surface area contributed by atoms with Crippen LogP contribution in [0.15, 0.2) is 24.3 Å². The summed E-state index contributed by atoms with van der Waals surface area (Å²) in [6.07, 6.45) is 3.17. The quantitative estimate of drug-likeness (QED) is 0.550. The number of aryl methyl sites for hydroxylation is 1. The van der Waals surface area contributed by atoms with E-state index < -0.39 is 20.2 Å². The van der Waals surface area contributed by atoms with Crippen LogP contribution in [-0.4, -0.2) is 36.0 Å². The summed E-state index contributed by atoms with van der Waals surface area (Å²) in [4.78, 5) is 0. The molecular formula is C11H16O6S2. The molecule has 1 rings (SSSR count). The minimum absolute atomic E-state index is 0.125. The van der Waals surface area contributed by atoms with Crippen molar-refractivity contribution >= 4 is 20.2 Å². The molecule has 0 N–H and O–H groups in total. The fraction of sp³-hybridized carbons (Fsp3) is 0.455. The highest BCUT2D eigenvalue weighted by atomic mass is 32.2. The summed E-state index contributed by atoms with van der Waals surface area (Å²) in [5, 5.41) is 0. The zero-order chi connectivity index (χ0) is 14.5. The van der Waals surface area contributed by atoms with Crippen LogP contribution in [0.1, 0.15) is 12.0 Å². The van der Waals surface area contributed by atoms with Crippen molar-refractivity contribution in [3.05, 3.63) is 29.8 Å². The van der Waals surface area contributed by atoms with Gasteiger partial charge in [-0.1, -0.05) is 12.1 Å². The lowest BCUT2D eigenvalue weighted by Gasteiger charge is -2.05. The van der Waals surface area contributed by atoms with E-state index >= 15 is 0 Å². The van der Waals surface area contributed by atoms with Crippen molar-refractivity contribution in [1.82, 2.24) is 0 Å². The molecule has 1 aromatic carbocycles. The Hall–Kier alpha value is -1.12. The Morgan fingerprint density at radius 3 is 2.00 bits per heavy atom. The molecule has 0 radical (unpaired) electrons. The predicted molar refractivity (Wildman–Crippen MR) is 71.0 cm³/mol. The van der Waals surface area contributed by atoms with Crippen LogP contribution in [0.5, 0.6) is 5.75 Å². The lowest BCUT2D eigenvalue weighted by molar-refractivity contribution is 0.316. The third-order valence-corrected chi connectivity index (χ3v) is 3.17. The maximum Gasteiger partial charge on any atom is 0.306 e. The molecule has 0 amide bonds. The zero-order valence-corrected chi connectivity index (χ0v) is 12.3. The van der Waals surface area contributed by atoms with Gasteiger partial charge in [-0.05, 0) is 30.5 Å². The maximum atomic E-state index is 10.9. The standard InChI is InChI=1S/C11H16O6S2/c1-18(12,13)16-9-3-4-10-5-7-11(8-6-10)17-19(2,14)15/h5-8H,3-4,9H2,1-2H3. The van der Waals surface area contributed by atoms with Gasteiger partial charge in [0.1, 0.15) is 5.75 Å². The van der Waals surface area contributed by atoms with Gasteiger partial charge in [0.2, 0.25) is 0 Å². The fourth-order valence-electron chi connectivity index (χ4n) is 1.37. The molecule has 0 aromatic heterocycles. The molecule has 8 heteroatoms. The minimum Gasteiger partial charge on any atom is -0.383 e. The molecule has 0 aliphatic rings. The summed E-state index contributed by atoms with van der Waals surface area (Å²) in [6, 6.07) is 6.55. The van der Waals surface area contributed by atoms with Crippen LogP contribution >= 0.6 is 0 Å². The second-order valence-electron chi connectivity index (χ2n) is 4.06. The van der Waals surface area contributed by atoms with Gasteiger partial charge in [0, 0.05) is 0 Å². The molecule has 0 spiro atoms. The van der Waals surface area contributed by atoms with Crippen LogP contribution in [0.25, 0.3) is 0 Å². The first-order valence-corrected chi connectivity index (χ1v) is 9.12. The van der Waals surface area contributed by atoms with Crippen molar-refractivity contribution in [3.63, 3.8) is 0 Å². The summed E-state index contributed by atoms with van der Waals surface area (Å²) in [5.41, 5.74) is 0.943. The first kappa shape index (κ1) is 15.9. The van der Waals surface area contributed by atoms with Crippen molar-refractivity contribution in [2.45, 2.75) is 12.8 Å². The predicted octanol–water partition coefficient (Wildman–Crippen LogP) is 0.934. The average molecular weight is 308 g/mol. The SMILES string of the molecule is CS(=O)(=O)OCCCc1ccc(OS(C)(=O)=O)cc1. The number of benzene rings is 1. The van der Waals surface area contributed by atoms with Crippen molar-refractivity contribution in [3.8, 4) is 5.75 Å². The maximum absolute atomic E-state index is 10.9. The summed E-state index contributed by atoms with van der Waals surface area (Å²) in [7, 11) is -6.91. The summed E-state index contributed by atoms with van der Waals surface area (Å²) >= 11 is 0. The van der Waals surface area contributed by atoms with Gasteiger partial charge in [0.05, 0.1) is 19.1 Å². The van der Waals surface area contributed by atoms with Gasteiger partial charge < -0.3 is 4.18 Å². The van der Waals surface area contributed by atoms with Crippen molar-refractivity contribution in [1.29, 1.82) is 0 Å². The second-order valence-corrected chi connectivity index (χ2v) is 7.28. The highest BCUT2D eigenvalue weighted by Crippen LogP contribution is 2.15. The molecule has 19 heavy (non-hydrogen) atoms. The summed E-state index contributed by atoms with van der Waals surface area (Å²) in [6.45, 7) is 0.125. The summed E-state index contributed by atoms with van der Waals surface area (Å²) < 4.78 is 52.5. The Morgan fingerprint density at radius 2 is 1.53 bits per heavy atom. The van der Waals surface area contributed by atoms with E-state index in [2.05, 4.69) is 4.18 Å². The Kier molecular flexibility index (Phi) is 5.33. The highest BCUT2D eigenvalue weighted by Gasteiger charge is 2.04. The van der Waals surface area contributed by atoms with E-state index in [9.17, 15) is 16.8 Å². The van der Waals surface area contributed by atoms with Crippen LogP contribution < -0.4 is 4.18 Å². The summed E-state index contributed by atoms with van der Waals surface area (Å²) in [5.74, 6) is 0.249. The van der Waals surface area contributed by atoms with E-state index in [1.54, 1.807) is 24.3 Å². The molecule has 0 fully saturated rings. The van der Waals surface area contributed by atoms with Gasteiger partial charge >= 0.3 is 10.1 Å². The molecule has 108 valence electrons. The third-order valence-electron chi connectivity index (χ3n) is 2.08. The van der Waals surface area contributed by atoms with E-state index in [1.807, 2.05) is 0 Å². The minimum atomic E-state index is -3.51. The Morgan fingerprint density at radius 1 is 0.947 bits per heavy atom. The second kappa shape index (κ2) is 6.36. The van der Waals surface area contributed by atoms with Crippen molar-refractivity contribution in [2.24, 2.45) is 0 Å². The number of rotatable bonds is 7. The largest absolute Gasteiger partial charge is 0.383 e. The van der Waals surface area contributed by atoms with Crippen molar-refractivity contribution in [2.75, 3.05) is 19.1 Å². The van der Waals surface area contributed by atoms with Gasteiger partial charge in [-0.2, -0.15) is 16.8 Å². The smallest absolute Gasteiger partial charge is 0.306 e. The molecule has 0 unspecified atom stereocenters. The molecular weight excluding hydrogens is 292 g/mol. The Labute approximate surface area is 113 Å². The van der Waals surface area contributed by atoms with Crippen LogP contribution in [0.3, 0.4) is 0 Å². The van der Waals surface area contributed by atoms with E-state index in [1.165, 1.54) is 0 Å². The monoisotopic (exact) mass is 308 g/mol. The first-order chi connectivity index (χ1) is 8.66. The van der Waals surface area contributed by atoms with Gasteiger partial charge in [-0.15, -0.1) is 0 Å². The van der Waals surface area contributed by atoms with E-state index in [-0.39, 0.29) is 12.4 Å². The zero-order valence-electron chi connectivity index (χ0n) is 10.7. The van der Waals surface area contributed by atoms with Gasteiger partial charge in [-0.3, -0.25) is 4.18 Å². The Bertz CT molecular complexity index is 601. The molecule has 0 aliphatic carbocycles. The molecule has 0 atom stereocenters. The lowest BCUT2D eigenvalue weighted by Crippen LogP contribution is -2.06. The van der Waals surface area contributed by atoms with Gasteiger partial charge in [0.15, 0.2) is 0 Å². The molecule has 0 aliphatic heterocycles. The third kappa shape index (κ3) is 7.81. The topological polar surface area (TPSA) is 86.7 Å². The molecule has 0 saturated heterocycles. The van der Waals surface area contributed by atoms with Crippen LogP contribution in [0.2, 0.25) is 0 Å². The molecule has 1 aromatic rings. The number of hydrogen-bond acceptors (Lipinski definition) is 6. The van der Waals surface area contributed by atoms with E-state index in [0.29, 0.717) is 12.8 Å². The number of hydrogen-bond donors (Lipinski definition) is 0. The van der Waals surface area contributed by atoms with Crippen LogP contribution in [-0.2, 0) is 30.8 Å². The molecule has 0 saturated carbocycles. The first-order valence-electron chi connectivity index (χ1n) is 5.48. The van der Waals surface area contributed by atoms with Crippen LogP contribution in [0, 0.1) is 0 Å². The lowest BCUT2D eigenvalue weighted by atomic mass is 10.1. The van der Waals surface area contributed by atoms with Gasteiger partial charge in [-0.25, -0.2) is 0 Å². The molecule has 6 nitrogen and oxygen atoms in total. The van der Waals surface area contributed by atoms with Gasteiger partial charge in [0.25, 0.3) is 10.1 Å². The molecule has 0 bridgehead atoms. The normalized spacial score (nSPS) is 12.3. The van der Waals surface area contributed by atoms with E-state index in [0.717, 1.165) is 18.1 Å². The van der Waals surface area contributed by atoms with Crippen molar-refractivity contribution < 1.29 is 25.2 Å². The Balaban J connectivity index is 2.45. The van der Waals surface area contributed by atoms with E-state index in [4.69, 9.17) is 4.18 Å². The molecule has 0 heterocycles.